The Morgan fingerprint density at radius 2 is 1.97 bits per heavy atom. The highest BCUT2D eigenvalue weighted by Crippen LogP contribution is 2.31. The predicted molar refractivity (Wildman–Crippen MR) is 114 cm³/mol. The molecule has 10 heteroatoms. The fraction of sp³-hybridized carbons (Fsp3) is 1.00. The third-order valence-electron chi connectivity index (χ3n) is 7.67. The number of rotatable bonds is 6. The maximum Gasteiger partial charge on any atom is 0.217 e. The van der Waals surface area contributed by atoms with Gasteiger partial charge in [0.05, 0.1) is 6.17 Å². The maximum atomic E-state index is 13.2. The molecular formula is C19H39N7O2S. The van der Waals surface area contributed by atoms with E-state index in [1.807, 2.05) is 14.1 Å². The van der Waals surface area contributed by atoms with Crippen molar-refractivity contribution in [3.63, 3.8) is 0 Å². The topological polar surface area (TPSA) is 101 Å². The first-order valence-corrected chi connectivity index (χ1v) is 12.8. The average molecular weight is 430 g/mol. The van der Waals surface area contributed by atoms with Crippen LogP contribution in [-0.2, 0) is 10.0 Å². The third-order valence-corrected chi connectivity index (χ3v) is 9.50. The van der Waals surface area contributed by atoms with Crippen LogP contribution >= 0.6 is 0 Å². The van der Waals surface area contributed by atoms with Gasteiger partial charge in [-0.05, 0) is 58.0 Å². The summed E-state index contributed by atoms with van der Waals surface area (Å²) in [5, 5.41) is 10.8. The van der Waals surface area contributed by atoms with Crippen LogP contribution in [0.15, 0.2) is 0 Å². The molecule has 0 radical (unpaired) electrons. The molecule has 6 unspecified atom stereocenters. The molecular weight excluding hydrogens is 390 g/mol. The Balaban J connectivity index is 1.35. The predicted octanol–water partition coefficient (Wildman–Crippen LogP) is -0.984. The molecule has 0 aromatic carbocycles. The lowest BCUT2D eigenvalue weighted by Crippen LogP contribution is -2.56. The first-order valence-electron chi connectivity index (χ1n) is 11.3. The number of likely N-dealkylation sites (N-methyl/N-ethyl adjacent to an activating group) is 1. The summed E-state index contributed by atoms with van der Waals surface area (Å²) in [4.78, 5) is 0. The summed E-state index contributed by atoms with van der Waals surface area (Å²) in [6.45, 7) is 5.17. The van der Waals surface area contributed by atoms with Crippen molar-refractivity contribution in [2.24, 2.45) is 11.8 Å². The van der Waals surface area contributed by atoms with Gasteiger partial charge in [0, 0.05) is 44.8 Å². The average Bonchev–Trinajstić information content (AvgIpc) is 3.36. The number of nitrogens with one attached hydrogen (secondary N) is 5. The minimum Gasteiger partial charge on any atom is -0.317 e. The summed E-state index contributed by atoms with van der Waals surface area (Å²) in [7, 11) is 0.670. The van der Waals surface area contributed by atoms with Crippen LogP contribution in [0.4, 0.5) is 0 Å². The fourth-order valence-corrected chi connectivity index (χ4v) is 7.27. The summed E-state index contributed by atoms with van der Waals surface area (Å²) in [6, 6.07) is 0.730. The Morgan fingerprint density at radius 1 is 1.14 bits per heavy atom. The molecule has 29 heavy (non-hydrogen) atoms. The van der Waals surface area contributed by atoms with Gasteiger partial charge in [-0.1, -0.05) is 6.42 Å². The van der Waals surface area contributed by atoms with Crippen LogP contribution in [0.3, 0.4) is 0 Å². The summed E-state index contributed by atoms with van der Waals surface area (Å²) >= 11 is 0. The number of hydrogen-bond acceptors (Lipinski definition) is 8. The minimum atomic E-state index is -3.38. The Morgan fingerprint density at radius 3 is 2.76 bits per heavy atom. The van der Waals surface area contributed by atoms with Gasteiger partial charge >= 0.3 is 0 Å². The van der Waals surface area contributed by atoms with Gasteiger partial charge in [-0.25, -0.2) is 23.2 Å². The molecule has 3 heterocycles. The van der Waals surface area contributed by atoms with Crippen LogP contribution in [0.1, 0.15) is 39.0 Å². The number of hydrazine groups is 2. The van der Waals surface area contributed by atoms with E-state index in [2.05, 4.69) is 43.1 Å². The molecule has 4 rings (SSSR count). The van der Waals surface area contributed by atoms with Gasteiger partial charge in [0.1, 0.15) is 5.25 Å². The highest BCUT2D eigenvalue weighted by molar-refractivity contribution is 7.90. The van der Waals surface area contributed by atoms with Gasteiger partial charge in [-0.3, -0.25) is 10.9 Å². The minimum absolute atomic E-state index is 0.00136. The van der Waals surface area contributed by atoms with Gasteiger partial charge in [-0.15, -0.1) is 0 Å². The molecule has 7 atom stereocenters. The molecule has 0 aromatic heterocycles. The first-order chi connectivity index (χ1) is 13.9. The zero-order valence-corrected chi connectivity index (χ0v) is 18.8. The van der Waals surface area contributed by atoms with Crippen molar-refractivity contribution in [1.82, 2.24) is 36.2 Å². The van der Waals surface area contributed by atoms with E-state index in [-0.39, 0.29) is 18.2 Å². The monoisotopic (exact) mass is 429 g/mol. The van der Waals surface area contributed by atoms with Crippen molar-refractivity contribution in [2.45, 2.75) is 68.6 Å². The van der Waals surface area contributed by atoms with Crippen LogP contribution in [0.2, 0.25) is 0 Å². The second-order valence-electron chi connectivity index (χ2n) is 9.39. The normalized spacial score (nSPS) is 40.8. The lowest BCUT2D eigenvalue weighted by molar-refractivity contribution is 0.0873. The molecule has 0 bridgehead atoms. The Hall–Kier alpha value is -0.330. The number of nitrogens with zero attached hydrogens (tertiary/aromatic N) is 2. The van der Waals surface area contributed by atoms with Crippen molar-refractivity contribution in [3.8, 4) is 0 Å². The summed E-state index contributed by atoms with van der Waals surface area (Å²) in [5.41, 5.74) is 6.74. The van der Waals surface area contributed by atoms with Gasteiger partial charge < -0.3 is 10.6 Å². The molecule has 3 aliphatic heterocycles. The van der Waals surface area contributed by atoms with E-state index in [4.69, 9.17) is 0 Å². The van der Waals surface area contributed by atoms with Gasteiger partial charge in [0.25, 0.3) is 0 Å². The van der Waals surface area contributed by atoms with Crippen LogP contribution in [0.5, 0.6) is 0 Å². The molecule has 0 aromatic rings. The molecule has 0 amide bonds. The summed E-state index contributed by atoms with van der Waals surface area (Å²) < 4.78 is 29.5. The molecule has 3 saturated heterocycles. The second kappa shape index (κ2) is 9.04. The Kier molecular flexibility index (Phi) is 6.82. The van der Waals surface area contributed by atoms with Crippen molar-refractivity contribution in [1.29, 1.82) is 0 Å². The van der Waals surface area contributed by atoms with Crippen LogP contribution in [-0.4, -0.2) is 88.3 Å². The van der Waals surface area contributed by atoms with Crippen LogP contribution < -0.4 is 26.2 Å². The van der Waals surface area contributed by atoms with E-state index < -0.39 is 15.3 Å². The SMILES string of the molecule is CN[C@H](C)C1CCNC(N2CC(S(=O)(=O)NC3CCCC4CNN(C)C43)CN2)C1. The molecule has 9 nitrogen and oxygen atoms in total. The van der Waals surface area contributed by atoms with Crippen molar-refractivity contribution in [3.05, 3.63) is 0 Å². The highest BCUT2D eigenvalue weighted by Gasteiger charge is 2.44. The maximum absolute atomic E-state index is 13.2. The van der Waals surface area contributed by atoms with Gasteiger partial charge in [-0.2, -0.15) is 0 Å². The molecule has 1 saturated carbocycles. The van der Waals surface area contributed by atoms with Crippen LogP contribution in [0, 0.1) is 11.8 Å². The van der Waals surface area contributed by atoms with Gasteiger partial charge in [0.2, 0.25) is 10.0 Å². The van der Waals surface area contributed by atoms with E-state index in [0.29, 0.717) is 31.0 Å². The van der Waals surface area contributed by atoms with Gasteiger partial charge in [0.15, 0.2) is 0 Å². The number of piperidine rings is 1. The van der Waals surface area contributed by atoms with E-state index in [1.165, 1.54) is 6.42 Å². The fourth-order valence-electron chi connectivity index (χ4n) is 5.74. The quantitative estimate of drug-likeness (QED) is 0.367. The molecule has 1 aliphatic carbocycles. The summed E-state index contributed by atoms with van der Waals surface area (Å²) in [6.07, 6.45) is 5.56. The second-order valence-corrected chi connectivity index (χ2v) is 11.4. The van der Waals surface area contributed by atoms with E-state index in [1.54, 1.807) is 0 Å². The number of hydrogen-bond donors (Lipinski definition) is 5. The molecule has 4 fully saturated rings. The molecule has 168 valence electrons. The summed E-state index contributed by atoms with van der Waals surface area (Å²) in [5.74, 6) is 1.14. The smallest absolute Gasteiger partial charge is 0.217 e. The molecule has 0 spiro atoms. The van der Waals surface area contributed by atoms with Crippen molar-refractivity contribution < 1.29 is 8.42 Å². The molecule has 5 N–H and O–H groups in total. The van der Waals surface area contributed by atoms with E-state index >= 15 is 0 Å². The third kappa shape index (κ3) is 4.64. The number of fused-ring (bicyclic) bond motifs is 1. The van der Waals surface area contributed by atoms with E-state index in [9.17, 15) is 8.42 Å². The lowest BCUT2D eigenvalue weighted by atomic mass is 9.82. The van der Waals surface area contributed by atoms with E-state index in [0.717, 1.165) is 38.8 Å². The van der Waals surface area contributed by atoms with Crippen molar-refractivity contribution >= 4 is 10.0 Å². The molecule has 4 aliphatic rings. The number of sulfonamides is 1. The Labute approximate surface area is 175 Å². The highest BCUT2D eigenvalue weighted by atomic mass is 32.2. The largest absolute Gasteiger partial charge is 0.317 e. The zero-order valence-electron chi connectivity index (χ0n) is 18.0. The van der Waals surface area contributed by atoms with Crippen molar-refractivity contribution in [2.75, 3.05) is 40.3 Å². The lowest BCUT2D eigenvalue weighted by Gasteiger charge is -2.38. The zero-order chi connectivity index (χ0) is 20.6. The van der Waals surface area contributed by atoms with Crippen LogP contribution in [0.25, 0.3) is 0 Å². The standard InChI is InChI=1S/C19H39N7O2S/c1-13(20-2)14-7-8-21-18(9-14)26-12-16(11-23-26)29(27,28)24-17-6-4-5-15-10-22-25(3)19(15)17/h13-24H,4-12H2,1-3H3/t13-,14?,15?,16?,17?,18?,19?/m1/s1. The first kappa shape index (κ1) is 21.9. The Bertz CT molecular complexity index is 661.